The highest BCUT2D eigenvalue weighted by Gasteiger charge is 2.44. The molecule has 0 bridgehead atoms. The molecule has 0 atom stereocenters. The SMILES string of the molecule is Cc1ccc(C#N)cc1NC(=O)NCC1(C(=O)O)CCC1. The van der Waals surface area contributed by atoms with Crippen molar-refractivity contribution in [1.82, 2.24) is 5.32 Å². The zero-order valence-electron chi connectivity index (χ0n) is 11.8. The summed E-state index contributed by atoms with van der Waals surface area (Å²) in [5, 5.41) is 23.3. The molecule has 0 spiro atoms. The molecule has 1 aliphatic rings. The number of nitriles is 1. The van der Waals surface area contributed by atoms with Gasteiger partial charge in [0.1, 0.15) is 0 Å². The highest BCUT2D eigenvalue weighted by Crippen LogP contribution is 2.40. The van der Waals surface area contributed by atoms with Gasteiger partial charge < -0.3 is 15.7 Å². The van der Waals surface area contributed by atoms with E-state index >= 15 is 0 Å². The lowest BCUT2D eigenvalue weighted by molar-refractivity contribution is -0.153. The number of carbonyl (C=O) groups is 2. The molecule has 0 heterocycles. The van der Waals surface area contributed by atoms with Crippen LogP contribution in [0.25, 0.3) is 0 Å². The summed E-state index contributed by atoms with van der Waals surface area (Å²) in [5.41, 5.74) is 1.02. The Balaban J connectivity index is 1.96. The first-order valence-corrected chi connectivity index (χ1v) is 6.76. The van der Waals surface area contributed by atoms with Gasteiger partial charge in [-0.1, -0.05) is 12.5 Å². The third kappa shape index (κ3) is 3.14. The minimum Gasteiger partial charge on any atom is -0.481 e. The molecule has 1 aromatic carbocycles. The van der Waals surface area contributed by atoms with Crippen molar-refractivity contribution in [3.05, 3.63) is 29.3 Å². The normalized spacial score (nSPS) is 15.4. The highest BCUT2D eigenvalue weighted by molar-refractivity contribution is 5.90. The van der Waals surface area contributed by atoms with E-state index in [4.69, 9.17) is 5.26 Å². The number of urea groups is 1. The largest absolute Gasteiger partial charge is 0.481 e. The van der Waals surface area contributed by atoms with Gasteiger partial charge in [-0.3, -0.25) is 4.79 Å². The lowest BCUT2D eigenvalue weighted by Crippen LogP contribution is -2.48. The number of hydrogen-bond donors (Lipinski definition) is 3. The van der Waals surface area contributed by atoms with Crippen molar-refractivity contribution in [1.29, 1.82) is 5.26 Å². The van der Waals surface area contributed by atoms with E-state index in [1.54, 1.807) is 18.2 Å². The summed E-state index contributed by atoms with van der Waals surface area (Å²) in [4.78, 5) is 23.1. The van der Waals surface area contributed by atoms with Gasteiger partial charge in [0.15, 0.2) is 0 Å². The first-order chi connectivity index (χ1) is 9.97. The molecule has 0 radical (unpaired) electrons. The second-order valence-corrected chi connectivity index (χ2v) is 5.39. The van der Waals surface area contributed by atoms with Gasteiger partial charge in [-0.15, -0.1) is 0 Å². The van der Waals surface area contributed by atoms with Crippen LogP contribution in [0.3, 0.4) is 0 Å². The Morgan fingerprint density at radius 3 is 2.67 bits per heavy atom. The number of aliphatic carboxylic acids is 1. The Bertz CT molecular complexity index is 615. The molecule has 6 heteroatoms. The molecular weight excluding hydrogens is 270 g/mol. The average molecular weight is 287 g/mol. The van der Waals surface area contributed by atoms with Gasteiger partial charge in [0.2, 0.25) is 0 Å². The van der Waals surface area contributed by atoms with Crippen molar-refractivity contribution in [2.24, 2.45) is 5.41 Å². The van der Waals surface area contributed by atoms with Gasteiger partial charge in [-0.25, -0.2) is 4.79 Å². The number of anilines is 1. The third-order valence-electron chi connectivity index (χ3n) is 3.97. The number of carbonyl (C=O) groups excluding carboxylic acids is 1. The molecule has 2 rings (SSSR count). The maximum atomic E-state index is 11.9. The Morgan fingerprint density at radius 2 is 2.14 bits per heavy atom. The van der Waals surface area contributed by atoms with E-state index < -0.39 is 17.4 Å². The Labute approximate surface area is 122 Å². The Morgan fingerprint density at radius 1 is 1.43 bits per heavy atom. The minimum absolute atomic E-state index is 0.116. The Kier molecular flexibility index (Phi) is 4.13. The molecule has 6 nitrogen and oxygen atoms in total. The number of nitrogens with one attached hydrogen (secondary N) is 2. The maximum absolute atomic E-state index is 11.9. The zero-order chi connectivity index (χ0) is 15.5. The topological polar surface area (TPSA) is 102 Å². The van der Waals surface area contributed by atoms with Crippen LogP contribution in [0.4, 0.5) is 10.5 Å². The van der Waals surface area contributed by atoms with E-state index in [9.17, 15) is 14.7 Å². The van der Waals surface area contributed by atoms with E-state index in [-0.39, 0.29) is 6.54 Å². The standard InChI is InChI=1S/C15H17N3O3/c1-10-3-4-11(8-16)7-12(10)18-14(21)17-9-15(13(19)20)5-2-6-15/h3-4,7H,2,5-6,9H2,1H3,(H,19,20)(H2,17,18,21). The van der Waals surface area contributed by atoms with Crippen molar-refractivity contribution >= 4 is 17.7 Å². The molecule has 3 N–H and O–H groups in total. The fraction of sp³-hybridized carbons (Fsp3) is 0.400. The maximum Gasteiger partial charge on any atom is 0.319 e. The number of benzene rings is 1. The van der Waals surface area contributed by atoms with Gasteiger partial charge in [0, 0.05) is 12.2 Å². The quantitative estimate of drug-likeness (QED) is 0.790. The van der Waals surface area contributed by atoms with Crippen LogP contribution < -0.4 is 10.6 Å². The summed E-state index contributed by atoms with van der Waals surface area (Å²) in [5.74, 6) is -0.864. The predicted molar refractivity (Wildman–Crippen MR) is 76.8 cm³/mol. The first-order valence-electron chi connectivity index (χ1n) is 6.76. The predicted octanol–water partition coefficient (Wildman–Crippen LogP) is 2.24. The first kappa shape index (κ1) is 14.9. The Hall–Kier alpha value is -2.55. The minimum atomic E-state index is -0.864. The molecule has 1 aliphatic carbocycles. The second kappa shape index (κ2) is 5.83. The molecule has 0 aromatic heterocycles. The summed E-state index contributed by atoms with van der Waals surface area (Å²) >= 11 is 0. The van der Waals surface area contributed by atoms with Crippen LogP contribution in [0.15, 0.2) is 18.2 Å². The van der Waals surface area contributed by atoms with E-state index in [1.165, 1.54) is 0 Å². The summed E-state index contributed by atoms with van der Waals surface area (Å²) in [6, 6.07) is 6.56. The van der Waals surface area contributed by atoms with Gasteiger partial charge >= 0.3 is 12.0 Å². The lowest BCUT2D eigenvalue weighted by atomic mass is 9.69. The molecule has 21 heavy (non-hydrogen) atoms. The molecule has 1 aromatic rings. The van der Waals surface area contributed by atoms with E-state index in [2.05, 4.69) is 10.6 Å². The van der Waals surface area contributed by atoms with E-state index in [1.807, 2.05) is 13.0 Å². The fourth-order valence-electron chi connectivity index (χ4n) is 2.31. The molecule has 0 aliphatic heterocycles. The van der Waals surface area contributed by atoms with Crippen LogP contribution in [-0.4, -0.2) is 23.7 Å². The number of amides is 2. The monoisotopic (exact) mass is 287 g/mol. The lowest BCUT2D eigenvalue weighted by Gasteiger charge is -2.37. The van der Waals surface area contributed by atoms with E-state index in [0.717, 1.165) is 12.0 Å². The third-order valence-corrected chi connectivity index (χ3v) is 3.97. The molecule has 0 unspecified atom stereocenters. The second-order valence-electron chi connectivity index (χ2n) is 5.39. The van der Waals surface area contributed by atoms with Crippen LogP contribution in [0, 0.1) is 23.7 Å². The number of nitrogens with zero attached hydrogens (tertiary/aromatic N) is 1. The fourth-order valence-corrected chi connectivity index (χ4v) is 2.31. The highest BCUT2D eigenvalue weighted by atomic mass is 16.4. The summed E-state index contributed by atoms with van der Waals surface area (Å²) in [7, 11) is 0. The van der Waals surface area contributed by atoms with Crippen LogP contribution in [-0.2, 0) is 4.79 Å². The summed E-state index contributed by atoms with van der Waals surface area (Å²) in [6.07, 6.45) is 2.05. The number of rotatable bonds is 4. The summed E-state index contributed by atoms with van der Waals surface area (Å²) in [6.45, 7) is 1.94. The average Bonchev–Trinajstić information content (AvgIpc) is 2.39. The van der Waals surface area contributed by atoms with Gasteiger partial charge in [-0.05, 0) is 37.5 Å². The van der Waals surface area contributed by atoms with E-state index in [0.29, 0.717) is 24.1 Å². The van der Waals surface area contributed by atoms with Gasteiger partial charge in [-0.2, -0.15) is 5.26 Å². The molecule has 1 saturated carbocycles. The zero-order valence-corrected chi connectivity index (χ0v) is 11.8. The molecule has 110 valence electrons. The smallest absolute Gasteiger partial charge is 0.319 e. The molecular formula is C15H17N3O3. The summed E-state index contributed by atoms with van der Waals surface area (Å²) < 4.78 is 0. The van der Waals surface area contributed by atoms with Crippen molar-refractivity contribution in [2.45, 2.75) is 26.2 Å². The number of aryl methyl sites for hydroxylation is 1. The number of carboxylic acids is 1. The van der Waals surface area contributed by atoms with Crippen LogP contribution >= 0.6 is 0 Å². The van der Waals surface area contributed by atoms with Crippen molar-refractivity contribution in [3.63, 3.8) is 0 Å². The van der Waals surface area contributed by atoms with Crippen molar-refractivity contribution in [2.75, 3.05) is 11.9 Å². The number of carboxylic acid groups (broad SMARTS) is 1. The molecule has 1 fully saturated rings. The number of hydrogen-bond acceptors (Lipinski definition) is 3. The van der Waals surface area contributed by atoms with Gasteiger partial charge in [0.25, 0.3) is 0 Å². The van der Waals surface area contributed by atoms with Crippen LogP contribution in [0.5, 0.6) is 0 Å². The van der Waals surface area contributed by atoms with Crippen molar-refractivity contribution in [3.8, 4) is 6.07 Å². The van der Waals surface area contributed by atoms with Gasteiger partial charge in [0.05, 0.1) is 17.0 Å². The molecule has 0 saturated heterocycles. The van der Waals surface area contributed by atoms with Crippen LogP contribution in [0.2, 0.25) is 0 Å². The molecule has 2 amide bonds. The van der Waals surface area contributed by atoms with Crippen LogP contribution in [0.1, 0.15) is 30.4 Å². The van der Waals surface area contributed by atoms with Crippen molar-refractivity contribution < 1.29 is 14.7 Å².